The summed E-state index contributed by atoms with van der Waals surface area (Å²) >= 11 is 0. The lowest BCUT2D eigenvalue weighted by Gasteiger charge is -2.34. The van der Waals surface area contributed by atoms with E-state index in [2.05, 4.69) is 11.8 Å². The molecule has 0 atom stereocenters. The number of β-amino-alcohol motifs (C(OH)–C–C–N with tert-alkyl or cyclic N) is 1. The van der Waals surface area contributed by atoms with Gasteiger partial charge in [0.2, 0.25) is 0 Å². The molecule has 0 spiro atoms. The van der Waals surface area contributed by atoms with Gasteiger partial charge < -0.3 is 15.3 Å². The van der Waals surface area contributed by atoms with Gasteiger partial charge in [0.1, 0.15) is 0 Å². The number of aliphatic hydroxyl groups is 1. The van der Waals surface area contributed by atoms with Crippen LogP contribution in [0.3, 0.4) is 0 Å². The highest BCUT2D eigenvalue weighted by Crippen LogP contribution is 2.04. The van der Waals surface area contributed by atoms with E-state index in [1.807, 2.05) is 0 Å². The predicted octanol–water partition coefficient (Wildman–Crippen LogP) is -1.16. The maximum absolute atomic E-state index is 9.10. The molecule has 0 aromatic rings. The molecule has 0 aromatic heterocycles. The molecular formula is C7H13NO5. The van der Waals surface area contributed by atoms with Crippen molar-refractivity contribution in [2.75, 3.05) is 19.6 Å². The van der Waals surface area contributed by atoms with Gasteiger partial charge in [-0.3, -0.25) is 4.90 Å². The maximum Gasteiger partial charge on any atom is 0.414 e. The molecule has 1 heterocycles. The fourth-order valence-corrected chi connectivity index (χ4v) is 0.801. The number of carboxylic acid groups (broad SMARTS) is 2. The Balaban J connectivity index is 0.000000226. The number of carbonyl (C=O) groups is 2. The molecule has 1 saturated heterocycles. The summed E-state index contributed by atoms with van der Waals surface area (Å²) in [5.41, 5.74) is 0. The van der Waals surface area contributed by atoms with E-state index >= 15 is 0 Å². The third kappa shape index (κ3) is 5.15. The Morgan fingerprint density at radius 1 is 1.31 bits per heavy atom. The second-order valence-electron chi connectivity index (χ2n) is 2.62. The van der Waals surface area contributed by atoms with Gasteiger partial charge in [-0.25, -0.2) is 9.59 Å². The van der Waals surface area contributed by atoms with Crippen molar-refractivity contribution in [3.63, 3.8) is 0 Å². The lowest BCUT2D eigenvalue weighted by molar-refractivity contribution is -0.159. The van der Waals surface area contributed by atoms with E-state index in [1.165, 1.54) is 0 Å². The molecule has 0 aliphatic carbocycles. The second-order valence-corrected chi connectivity index (χ2v) is 2.62. The van der Waals surface area contributed by atoms with Gasteiger partial charge in [-0.15, -0.1) is 0 Å². The van der Waals surface area contributed by atoms with E-state index < -0.39 is 11.9 Å². The fourth-order valence-electron chi connectivity index (χ4n) is 0.801. The van der Waals surface area contributed by atoms with Crippen LogP contribution in [0.1, 0.15) is 6.92 Å². The van der Waals surface area contributed by atoms with Gasteiger partial charge in [0.15, 0.2) is 0 Å². The van der Waals surface area contributed by atoms with Crippen LogP contribution in [0.15, 0.2) is 0 Å². The first kappa shape index (κ1) is 11.9. The number of rotatable bonds is 1. The molecule has 0 unspecified atom stereocenters. The van der Waals surface area contributed by atoms with Gasteiger partial charge in [-0.2, -0.15) is 0 Å². The van der Waals surface area contributed by atoms with Gasteiger partial charge in [0.05, 0.1) is 6.10 Å². The van der Waals surface area contributed by atoms with Crippen molar-refractivity contribution in [3.8, 4) is 0 Å². The van der Waals surface area contributed by atoms with E-state index in [-0.39, 0.29) is 6.10 Å². The largest absolute Gasteiger partial charge is 0.473 e. The molecule has 0 aromatic carbocycles. The lowest BCUT2D eigenvalue weighted by atomic mass is 10.2. The Morgan fingerprint density at radius 3 is 1.77 bits per heavy atom. The van der Waals surface area contributed by atoms with Crippen LogP contribution < -0.4 is 0 Å². The quantitative estimate of drug-likeness (QED) is 0.452. The Bertz CT molecular complexity index is 175. The van der Waals surface area contributed by atoms with E-state index in [9.17, 15) is 0 Å². The summed E-state index contributed by atoms with van der Waals surface area (Å²) in [5.74, 6) is -3.65. The normalized spacial score (nSPS) is 16.8. The summed E-state index contributed by atoms with van der Waals surface area (Å²) in [6, 6.07) is 0. The van der Waals surface area contributed by atoms with Gasteiger partial charge in [0.25, 0.3) is 0 Å². The first-order valence-electron chi connectivity index (χ1n) is 3.84. The van der Waals surface area contributed by atoms with E-state index in [0.29, 0.717) is 0 Å². The van der Waals surface area contributed by atoms with E-state index in [1.54, 1.807) is 0 Å². The Morgan fingerprint density at radius 2 is 1.69 bits per heavy atom. The summed E-state index contributed by atoms with van der Waals surface area (Å²) in [6.45, 7) is 4.95. The molecule has 1 fully saturated rings. The van der Waals surface area contributed by atoms with Gasteiger partial charge in [-0.1, -0.05) is 6.92 Å². The summed E-state index contributed by atoms with van der Waals surface area (Å²) in [5, 5.41) is 23.5. The summed E-state index contributed by atoms with van der Waals surface area (Å²) < 4.78 is 0. The number of nitrogens with zero attached hydrogens (tertiary/aromatic N) is 1. The molecule has 0 bridgehead atoms. The van der Waals surface area contributed by atoms with Crippen LogP contribution in [-0.4, -0.2) is 57.9 Å². The number of hydrogen-bond acceptors (Lipinski definition) is 4. The number of likely N-dealkylation sites (N-methyl/N-ethyl adjacent to an activating group) is 1. The SMILES string of the molecule is CCN1CC(O)C1.O=C(O)C(=O)O. The Hall–Kier alpha value is -1.14. The van der Waals surface area contributed by atoms with E-state index in [0.717, 1.165) is 19.6 Å². The van der Waals surface area contributed by atoms with Crippen molar-refractivity contribution in [3.05, 3.63) is 0 Å². The first-order chi connectivity index (χ1) is 5.97. The number of aliphatic carboxylic acids is 2. The molecule has 0 radical (unpaired) electrons. The minimum absolute atomic E-state index is 0.0278. The standard InChI is InChI=1S/C5H11NO.C2H2O4/c1-2-6-3-5(7)4-6;3-1(4)2(5)6/h5,7H,2-4H2,1H3;(H,3,4)(H,5,6). The number of aliphatic hydroxyl groups excluding tert-OH is 1. The van der Waals surface area contributed by atoms with Crippen molar-refractivity contribution in [2.24, 2.45) is 0 Å². The van der Waals surface area contributed by atoms with Crippen molar-refractivity contribution < 1.29 is 24.9 Å². The molecular weight excluding hydrogens is 178 g/mol. The molecule has 76 valence electrons. The number of likely N-dealkylation sites (tertiary alicyclic amines) is 1. The molecule has 6 nitrogen and oxygen atoms in total. The Labute approximate surface area is 75.4 Å². The first-order valence-corrected chi connectivity index (χ1v) is 3.84. The maximum atomic E-state index is 9.10. The summed E-state index contributed by atoms with van der Waals surface area (Å²) in [7, 11) is 0. The number of carboxylic acids is 2. The van der Waals surface area contributed by atoms with Crippen molar-refractivity contribution in [1.82, 2.24) is 4.90 Å². The summed E-state index contributed by atoms with van der Waals surface area (Å²) in [6.07, 6.45) is -0.0278. The van der Waals surface area contributed by atoms with Crippen molar-refractivity contribution in [2.45, 2.75) is 13.0 Å². The zero-order valence-corrected chi connectivity index (χ0v) is 7.30. The zero-order valence-electron chi connectivity index (χ0n) is 7.30. The molecule has 0 amide bonds. The van der Waals surface area contributed by atoms with Gasteiger partial charge in [-0.05, 0) is 6.54 Å². The fraction of sp³-hybridized carbons (Fsp3) is 0.714. The van der Waals surface area contributed by atoms with Crippen LogP contribution in [0, 0.1) is 0 Å². The van der Waals surface area contributed by atoms with Crippen LogP contribution in [-0.2, 0) is 9.59 Å². The van der Waals surface area contributed by atoms with E-state index in [4.69, 9.17) is 24.9 Å². The molecule has 3 N–H and O–H groups in total. The van der Waals surface area contributed by atoms with Gasteiger partial charge in [0, 0.05) is 13.1 Å². The van der Waals surface area contributed by atoms with Crippen molar-refractivity contribution >= 4 is 11.9 Å². The monoisotopic (exact) mass is 191 g/mol. The van der Waals surface area contributed by atoms with Crippen LogP contribution in [0.25, 0.3) is 0 Å². The van der Waals surface area contributed by atoms with Crippen LogP contribution >= 0.6 is 0 Å². The highest BCUT2D eigenvalue weighted by Gasteiger charge is 2.21. The average Bonchev–Trinajstić information content (AvgIpc) is 1.99. The minimum atomic E-state index is -1.82. The molecule has 13 heavy (non-hydrogen) atoms. The molecule has 1 aliphatic heterocycles. The average molecular weight is 191 g/mol. The second kappa shape index (κ2) is 5.50. The number of hydrogen-bond donors (Lipinski definition) is 3. The van der Waals surface area contributed by atoms with Crippen LogP contribution in [0.4, 0.5) is 0 Å². The third-order valence-electron chi connectivity index (χ3n) is 1.57. The summed E-state index contributed by atoms with van der Waals surface area (Å²) in [4.78, 5) is 20.4. The molecule has 6 heteroatoms. The predicted molar refractivity (Wildman–Crippen MR) is 43.4 cm³/mol. The highest BCUT2D eigenvalue weighted by molar-refractivity contribution is 6.27. The third-order valence-corrected chi connectivity index (χ3v) is 1.57. The van der Waals surface area contributed by atoms with Crippen LogP contribution in [0.5, 0.6) is 0 Å². The molecule has 0 saturated carbocycles. The van der Waals surface area contributed by atoms with Gasteiger partial charge >= 0.3 is 11.9 Å². The minimum Gasteiger partial charge on any atom is -0.473 e. The topological polar surface area (TPSA) is 98.1 Å². The van der Waals surface area contributed by atoms with Crippen molar-refractivity contribution in [1.29, 1.82) is 0 Å². The van der Waals surface area contributed by atoms with Crippen LogP contribution in [0.2, 0.25) is 0 Å². The lowest BCUT2D eigenvalue weighted by Crippen LogP contribution is -2.50. The zero-order chi connectivity index (χ0) is 10.4. The Kier molecular flexibility index (Phi) is 5.01. The smallest absolute Gasteiger partial charge is 0.414 e. The molecule has 1 rings (SSSR count). The molecule has 1 aliphatic rings. The highest BCUT2D eigenvalue weighted by atomic mass is 16.4.